The number of hydrogen-bond donors (Lipinski definition) is 1. The van der Waals surface area contributed by atoms with Crippen molar-refractivity contribution in [1.29, 1.82) is 0 Å². The van der Waals surface area contributed by atoms with Crippen LogP contribution in [0.2, 0.25) is 0 Å². The molecule has 1 N–H and O–H groups in total. The van der Waals surface area contributed by atoms with Crippen LogP contribution >= 0.6 is 23.1 Å². The Morgan fingerprint density at radius 2 is 1.89 bits per heavy atom. The molecular formula is C21H23N5S2. The number of rotatable bonds is 8. The summed E-state index contributed by atoms with van der Waals surface area (Å²) in [6.07, 6.45) is 13.8. The molecule has 3 aromatic heterocycles. The second-order valence-electron chi connectivity index (χ2n) is 7.00. The van der Waals surface area contributed by atoms with Crippen LogP contribution in [0.1, 0.15) is 30.6 Å². The predicted octanol–water partition coefficient (Wildman–Crippen LogP) is 5.40. The van der Waals surface area contributed by atoms with Crippen LogP contribution in [0.5, 0.6) is 0 Å². The Labute approximate surface area is 173 Å². The van der Waals surface area contributed by atoms with E-state index in [0.717, 1.165) is 47.5 Å². The molecule has 0 aliphatic heterocycles. The Hall–Kier alpha value is -2.25. The molecular weight excluding hydrogens is 386 g/mol. The molecule has 28 heavy (non-hydrogen) atoms. The summed E-state index contributed by atoms with van der Waals surface area (Å²) in [5.41, 5.74) is 3.37. The quantitative estimate of drug-likeness (QED) is 0.395. The largest absolute Gasteiger partial charge is 0.285 e. The van der Waals surface area contributed by atoms with Crippen LogP contribution in [0.15, 0.2) is 47.9 Å². The molecule has 3 heterocycles. The molecule has 0 saturated heterocycles. The fraction of sp³-hybridized carbons (Fsp3) is 0.333. The first kappa shape index (κ1) is 19.1. The van der Waals surface area contributed by atoms with E-state index < -0.39 is 0 Å². The van der Waals surface area contributed by atoms with Crippen molar-refractivity contribution in [3.05, 3.63) is 53.8 Å². The molecule has 0 amide bonds. The fourth-order valence-corrected chi connectivity index (χ4v) is 4.47. The highest BCUT2D eigenvalue weighted by Gasteiger charge is 2.10. The molecule has 4 rings (SSSR count). The average Bonchev–Trinajstić information content (AvgIpc) is 3.40. The third-order valence-corrected chi connectivity index (χ3v) is 6.65. The zero-order valence-corrected chi connectivity index (χ0v) is 17.7. The van der Waals surface area contributed by atoms with Gasteiger partial charge in [0.25, 0.3) is 0 Å². The molecule has 0 aliphatic rings. The van der Waals surface area contributed by atoms with E-state index in [1.165, 1.54) is 15.3 Å². The van der Waals surface area contributed by atoms with Crippen LogP contribution in [-0.2, 0) is 12.8 Å². The maximum absolute atomic E-state index is 4.81. The van der Waals surface area contributed by atoms with E-state index in [1.54, 1.807) is 23.1 Å². The monoisotopic (exact) mass is 409 g/mol. The maximum Gasteiger partial charge on any atom is 0.128 e. The second-order valence-corrected chi connectivity index (χ2v) is 8.99. The highest BCUT2D eigenvalue weighted by atomic mass is 32.2. The molecule has 5 nitrogen and oxygen atoms in total. The van der Waals surface area contributed by atoms with Crippen LogP contribution in [0.4, 0.5) is 0 Å². The van der Waals surface area contributed by atoms with Gasteiger partial charge in [0.15, 0.2) is 0 Å². The minimum absolute atomic E-state index is 0.623. The summed E-state index contributed by atoms with van der Waals surface area (Å²) in [5, 5.41) is 8.12. The minimum Gasteiger partial charge on any atom is -0.285 e. The zero-order chi connectivity index (χ0) is 19.3. The molecule has 0 radical (unpaired) electrons. The number of aryl methyl sites for hydroxylation is 2. The van der Waals surface area contributed by atoms with E-state index in [0.29, 0.717) is 5.92 Å². The molecule has 7 heteroatoms. The smallest absolute Gasteiger partial charge is 0.128 e. The van der Waals surface area contributed by atoms with Crippen molar-refractivity contribution >= 4 is 33.3 Å². The van der Waals surface area contributed by atoms with Gasteiger partial charge in [-0.15, -0.1) is 23.1 Å². The second kappa shape index (κ2) is 8.84. The van der Waals surface area contributed by atoms with Gasteiger partial charge < -0.3 is 0 Å². The third kappa shape index (κ3) is 4.59. The van der Waals surface area contributed by atoms with Gasteiger partial charge >= 0.3 is 0 Å². The van der Waals surface area contributed by atoms with Gasteiger partial charge in [-0.05, 0) is 49.1 Å². The summed E-state index contributed by atoms with van der Waals surface area (Å²) in [6.45, 7) is 2.31. The normalized spacial score (nSPS) is 12.5. The molecule has 0 spiro atoms. The molecule has 0 aliphatic carbocycles. The summed E-state index contributed by atoms with van der Waals surface area (Å²) in [6, 6.07) is 6.43. The first-order chi connectivity index (χ1) is 13.7. The predicted molar refractivity (Wildman–Crippen MR) is 117 cm³/mol. The molecule has 0 fully saturated rings. The summed E-state index contributed by atoms with van der Waals surface area (Å²) in [5.74, 6) is 1.56. The van der Waals surface area contributed by atoms with Crippen LogP contribution in [0.25, 0.3) is 21.3 Å². The van der Waals surface area contributed by atoms with Crippen molar-refractivity contribution < 1.29 is 0 Å². The van der Waals surface area contributed by atoms with Crippen LogP contribution in [0.3, 0.4) is 0 Å². The molecule has 0 bridgehead atoms. The highest BCUT2D eigenvalue weighted by Crippen LogP contribution is 2.29. The standard InChI is InChI=1S/C21H23N5S2/c1-14(3-7-20-22-12-17(27-2)13-23-20)4-8-21-26-18-6-5-15(9-19(18)28-21)16-10-24-25-11-16/h5-6,9-14H,3-4,7-8H2,1-2H3,(H,24,25). The van der Waals surface area contributed by atoms with Crippen LogP contribution in [0, 0.1) is 5.92 Å². The summed E-state index contributed by atoms with van der Waals surface area (Å²) in [4.78, 5) is 14.8. The fourth-order valence-electron chi connectivity index (χ4n) is 3.13. The number of nitrogens with zero attached hydrogens (tertiary/aromatic N) is 4. The Morgan fingerprint density at radius 3 is 2.64 bits per heavy atom. The van der Waals surface area contributed by atoms with Gasteiger partial charge in [0.1, 0.15) is 5.82 Å². The van der Waals surface area contributed by atoms with E-state index in [9.17, 15) is 0 Å². The number of thiazole rings is 1. The van der Waals surface area contributed by atoms with Crippen molar-refractivity contribution in [3.63, 3.8) is 0 Å². The van der Waals surface area contributed by atoms with Gasteiger partial charge in [-0.3, -0.25) is 5.10 Å². The van der Waals surface area contributed by atoms with E-state index in [4.69, 9.17) is 4.98 Å². The lowest BCUT2D eigenvalue weighted by atomic mass is 10.00. The highest BCUT2D eigenvalue weighted by molar-refractivity contribution is 7.98. The SMILES string of the molecule is CSc1cnc(CCC(C)CCc2nc3ccc(-c4cn[nH]c4)cc3s2)nc1. The topological polar surface area (TPSA) is 67.3 Å². The average molecular weight is 410 g/mol. The van der Waals surface area contributed by atoms with E-state index in [2.05, 4.69) is 45.3 Å². The molecule has 1 aromatic carbocycles. The lowest BCUT2D eigenvalue weighted by molar-refractivity contribution is 0.486. The lowest BCUT2D eigenvalue weighted by Gasteiger charge is -2.09. The Morgan fingerprint density at radius 1 is 1.07 bits per heavy atom. The zero-order valence-electron chi connectivity index (χ0n) is 16.1. The van der Waals surface area contributed by atoms with Crippen molar-refractivity contribution in [1.82, 2.24) is 25.1 Å². The number of hydrogen-bond acceptors (Lipinski definition) is 6. The first-order valence-corrected chi connectivity index (χ1v) is 11.5. The van der Waals surface area contributed by atoms with Crippen molar-refractivity contribution in [3.8, 4) is 11.1 Å². The molecule has 0 saturated carbocycles. The first-order valence-electron chi connectivity index (χ1n) is 9.45. The van der Waals surface area contributed by atoms with Gasteiger partial charge in [-0.25, -0.2) is 15.0 Å². The number of thioether (sulfide) groups is 1. The van der Waals surface area contributed by atoms with Crippen molar-refractivity contribution in [2.24, 2.45) is 5.92 Å². The lowest BCUT2D eigenvalue weighted by Crippen LogP contribution is -2.02. The van der Waals surface area contributed by atoms with E-state index in [1.807, 2.05) is 31.0 Å². The third-order valence-electron chi connectivity index (χ3n) is 4.89. The van der Waals surface area contributed by atoms with Crippen molar-refractivity contribution in [2.75, 3.05) is 6.26 Å². The van der Waals surface area contributed by atoms with Gasteiger partial charge in [-0.2, -0.15) is 5.10 Å². The van der Waals surface area contributed by atoms with E-state index >= 15 is 0 Å². The van der Waals surface area contributed by atoms with Crippen LogP contribution in [-0.4, -0.2) is 31.4 Å². The van der Waals surface area contributed by atoms with Gasteiger partial charge in [0.2, 0.25) is 0 Å². The molecule has 1 atom stereocenters. The van der Waals surface area contributed by atoms with Crippen LogP contribution < -0.4 is 0 Å². The summed E-state index contributed by atoms with van der Waals surface area (Å²) in [7, 11) is 0. The Bertz CT molecular complexity index is 1020. The Balaban J connectivity index is 1.32. The maximum atomic E-state index is 4.81. The van der Waals surface area contributed by atoms with Gasteiger partial charge in [0.05, 0.1) is 21.4 Å². The number of aromatic nitrogens is 5. The molecule has 144 valence electrons. The van der Waals surface area contributed by atoms with Crippen molar-refractivity contribution in [2.45, 2.75) is 37.5 Å². The number of nitrogens with one attached hydrogen (secondary N) is 1. The number of benzene rings is 1. The number of fused-ring (bicyclic) bond motifs is 1. The van der Waals surface area contributed by atoms with E-state index in [-0.39, 0.29) is 0 Å². The Kier molecular flexibility index (Phi) is 6.02. The molecule has 1 unspecified atom stereocenters. The molecule has 4 aromatic rings. The minimum atomic E-state index is 0.623. The van der Waals surface area contributed by atoms with Gasteiger partial charge in [0, 0.05) is 35.5 Å². The summed E-state index contributed by atoms with van der Waals surface area (Å²) < 4.78 is 1.24. The number of aromatic amines is 1. The van der Waals surface area contributed by atoms with Gasteiger partial charge in [-0.1, -0.05) is 13.0 Å². The summed E-state index contributed by atoms with van der Waals surface area (Å²) >= 11 is 3.47. The number of H-pyrrole nitrogens is 1.